The van der Waals surface area contributed by atoms with Crippen molar-refractivity contribution in [3.8, 4) is 17.3 Å². The molecular weight excluding hydrogens is 416 g/mol. The fourth-order valence-electron chi connectivity index (χ4n) is 2.69. The molecule has 4 aromatic rings. The number of fused-ring (bicyclic) bond motifs is 1. The highest BCUT2D eigenvalue weighted by molar-refractivity contribution is 7.22. The highest BCUT2D eigenvalue weighted by atomic mass is 35.5. The first-order valence-corrected chi connectivity index (χ1v) is 9.48. The number of aromatic hydroxyl groups is 1. The molecule has 2 aromatic heterocycles. The molecule has 8 nitrogen and oxygen atoms in total. The summed E-state index contributed by atoms with van der Waals surface area (Å²) >= 11 is 7.25. The Balaban J connectivity index is 1.77. The van der Waals surface area contributed by atoms with Crippen LogP contribution in [0.25, 0.3) is 15.9 Å². The van der Waals surface area contributed by atoms with E-state index in [1.807, 2.05) is 0 Å². The molecule has 0 atom stereocenters. The zero-order valence-corrected chi connectivity index (χ0v) is 16.5. The summed E-state index contributed by atoms with van der Waals surface area (Å²) < 4.78 is 6.90. The van der Waals surface area contributed by atoms with Gasteiger partial charge < -0.3 is 9.84 Å². The quantitative estimate of drug-likeness (QED) is 0.485. The molecule has 2 heterocycles. The van der Waals surface area contributed by atoms with Crippen LogP contribution >= 0.6 is 22.9 Å². The number of rotatable bonds is 4. The third-order valence-corrected chi connectivity index (χ3v) is 5.26. The Morgan fingerprint density at radius 1 is 1.24 bits per heavy atom. The molecule has 2 aromatic carbocycles. The van der Waals surface area contributed by atoms with Gasteiger partial charge in [0.15, 0.2) is 0 Å². The van der Waals surface area contributed by atoms with Gasteiger partial charge in [-0.2, -0.15) is 0 Å². The van der Waals surface area contributed by atoms with Gasteiger partial charge in [0.05, 0.1) is 23.0 Å². The van der Waals surface area contributed by atoms with Gasteiger partial charge in [0.25, 0.3) is 5.56 Å². The number of thiazole rings is 1. The van der Waals surface area contributed by atoms with Crippen LogP contribution in [0, 0.1) is 0 Å². The van der Waals surface area contributed by atoms with E-state index in [1.165, 1.54) is 24.7 Å². The molecule has 2 N–H and O–H groups in total. The minimum Gasteiger partial charge on any atom is -0.497 e. The molecule has 0 fully saturated rings. The predicted molar refractivity (Wildman–Crippen MR) is 113 cm³/mol. The fourth-order valence-corrected chi connectivity index (χ4v) is 3.77. The van der Waals surface area contributed by atoms with Crippen molar-refractivity contribution >= 4 is 44.5 Å². The molecule has 29 heavy (non-hydrogen) atoms. The van der Waals surface area contributed by atoms with Crippen LogP contribution in [0.1, 0.15) is 5.56 Å². The number of halogens is 1. The van der Waals surface area contributed by atoms with Crippen LogP contribution in [0.15, 0.2) is 57.0 Å². The molecule has 10 heteroatoms. The number of nitrogens with zero attached hydrogens (tertiary/aromatic N) is 3. The summed E-state index contributed by atoms with van der Waals surface area (Å²) in [7, 11) is 1.52. The minimum absolute atomic E-state index is 0.169. The Morgan fingerprint density at radius 2 is 2.00 bits per heavy atom. The third-order valence-electron chi connectivity index (χ3n) is 4.09. The van der Waals surface area contributed by atoms with E-state index in [0.717, 1.165) is 9.27 Å². The molecule has 0 aliphatic rings. The van der Waals surface area contributed by atoms with Crippen molar-refractivity contribution in [1.29, 1.82) is 0 Å². The first-order valence-electron chi connectivity index (χ1n) is 8.29. The lowest BCUT2D eigenvalue weighted by Gasteiger charge is -2.10. The Hall–Kier alpha value is -3.43. The summed E-state index contributed by atoms with van der Waals surface area (Å²) in [5, 5.41) is 11.5. The van der Waals surface area contributed by atoms with E-state index < -0.39 is 17.1 Å². The Labute approximate surface area is 172 Å². The standard InChI is InChI=1S/C19H13ClN4O4S/c1-28-12-5-3-11(4-6-12)24-17(26)13(16(25)23-19(24)27)9-21-18-22-14-7-2-10(20)8-15(14)29-18/h2-9,26H,1H3,(H,23,25,27). The van der Waals surface area contributed by atoms with E-state index in [9.17, 15) is 14.7 Å². The van der Waals surface area contributed by atoms with Crippen molar-refractivity contribution in [1.82, 2.24) is 14.5 Å². The topological polar surface area (TPSA) is 110 Å². The molecule has 0 aliphatic heterocycles. The zero-order chi connectivity index (χ0) is 20.5. The maximum absolute atomic E-state index is 12.2. The third kappa shape index (κ3) is 3.65. The molecule has 4 rings (SSSR count). The van der Waals surface area contributed by atoms with Crippen molar-refractivity contribution in [3.05, 3.63) is 73.9 Å². The zero-order valence-electron chi connectivity index (χ0n) is 14.9. The number of ether oxygens (including phenoxy) is 1. The summed E-state index contributed by atoms with van der Waals surface area (Å²) in [6.07, 6.45) is 1.17. The number of hydrogen-bond donors (Lipinski definition) is 2. The van der Waals surface area contributed by atoms with Gasteiger partial charge >= 0.3 is 5.69 Å². The molecule has 0 radical (unpaired) electrons. The molecule has 0 amide bonds. The maximum Gasteiger partial charge on any atom is 0.335 e. The molecule has 0 spiro atoms. The lowest BCUT2D eigenvalue weighted by molar-refractivity contribution is 0.414. The van der Waals surface area contributed by atoms with Crippen molar-refractivity contribution in [2.75, 3.05) is 7.11 Å². The lowest BCUT2D eigenvalue weighted by atomic mass is 10.2. The summed E-state index contributed by atoms with van der Waals surface area (Å²) in [5.41, 5.74) is -0.631. The lowest BCUT2D eigenvalue weighted by Crippen LogP contribution is -2.31. The number of H-pyrrole nitrogens is 1. The van der Waals surface area contributed by atoms with Crippen LogP contribution in [0.2, 0.25) is 5.02 Å². The molecule has 0 unspecified atom stereocenters. The van der Waals surface area contributed by atoms with E-state index in [0.29, 0.717) is 27.1 Å². The SMILES string of the molecule is COc1ccc(-n2c(O)c(C=Nc3nc4ccc(Cl)cc4s3)c(=O)[nH]c2=O)cc1. The van der Waals surface area contributed by atoms with Crippen LogP contribution in [0.3, 0.4) is 0 Å². The highest BCUT2D eigenvalue weighted by Gasteiger charge is 2.14. The summed E-state index contributed by atoms with van der Waals surface area (Å²) in [6.45, 7) is 0. The number of methoxy groups -OCH3 is 1. The molecule has 146 valence electrons. The largest absolute Gasteiger partial charge is 0.497 e. The first-order chi connectivity index (χ1) is 14.0. The predicted octanol–water partition coefficient (Wildman–Crippen LogP) is 3.25. The van der Waals surface area contributed by atoms with Crippen molar-refractivity contribution in [3.63, 3.8) is 0 Å². The van der Waals surface area contributed by atoms with Gasteiger partial charge in [0.1, 0.15) is 11.3 Å². The van der Waals surface area contributed by atoms with Gasteiger partial charge in [-0.3, -0.25) is 9.78 Å². The summed E-state index contributed by atoms with van der Waals surface area (Å²) in [5.74, 6) is 0.0558. The van der Waals surface area contributed by atoms with Crippen LogP contribution in [0.4, 0.5) is 5.13 Å². The molecule has 0 aliphatic carbocycles. The monoisotopic (exact) mass is 428 g/mol. The molecule has 0 saturated heterocycles. The van der Waals surface area contributed by atoms with Gasteiger partial charge in [-0.05, 0) is 42.5 Å². The second-order valence-electron chi connectivity index (χ2n) is 5.90. The van der Waals surface area contributed by atoms with E-state index in [1.54, 1.807) is 42.5 Å². The second kappa shape index (κ2) is 7.53. The van der Waals surface area contributed by atoms with Crippen LogP contribution < -0.4 is 16.0 Å². The summed E-state index contributed by atoms with van der Waals surface area (Å²) in [6, 6.07) is 11.7. The van der Waals surface area contributed by atoms with Crippen molar-refractivity contribution < 1.29 is 9.84 Å². The number of nitrogens with one attached hydrogen (secondary N) is 1. The molecule has 0 bridgehead atoms. The normalized spacial score (nSPS) is 11.4. The first kappa shape index (κ1) is 18.9. The van der Waals surface area contributed by atoms with Gasteiger partial charge in [-0.15, -0.1) is 0 Å². The fraction of sp³-hybridized carbons (Fsp3) is 0.0526. The van der Waals surface area contributed by atoms with Crippen LogP contribution in [-0.2, 0) is 0 Å². The van der Waals surface area contributed by atoms with Crippen molar-refractivity contribution in [2.45, 2.75) is 0 Å². The Kier molecular flexibility index (Phi) is 4.91. The number of benzene rings is 2. The van der Waals surface area contributed by atoms with E-state index >= 15 is 0 Å². The Bertz CT molecular complexity index is 1360. The second-order valence-corrected chi connectivity index (χ2v) is 7.34. The van der Waals surface area contributed by atoms with E-state index in [4.69, 9.17) is 16.3 Å². The highest BCUT2D eigenvalue weighted by Crippen LogP contribution is 2.30. The van der Waals surface area contributed by atoms with Crippen molar-refractivity contribution in [2.24, 2.45) is 4.99 Å². The number of aromatic nitrogens is 3. The van der Waals surface area contributed by atoms with E-state index in [2.05, 4.69) is 15.0 Å². The average Bonchev–Trinajstić information content (AvgIpc) is 3.10. The van der Waals surface area contributed by atoms with Crippen LogP contribution in [-0.4, -0.2) is 33.0 Å². The number of aliphatic imine (C=N–C) groups is 1. The van der Waals surface area contributed by atoms with Gasteiger partial charge in [-0.25, -0.2) is 19.3 Å². The Morgan fingerprint density at radius 3 is 2.72 bits per heavy atom. The minimum atomic E-state index is -0.774. The summed E-state index contributed by atoms with van der Waals surface area (Å²) in [4.78, 5) is 35.1. The average molecular weight is 429 g/mol. The van der Waals surface area contributed by atoms with Crippen LogP contribution in [0.5, 0.6) is 11.6 Å². The molecule has 0 saturated carbocycles. The van der Waals surface area contributed by atoms with Gasteiger partial charge in [-0.1, -0.05) is 22.9 Å². The van der Waals surface area contributed by atoms with E-state index in [-0.39, 0.29) is 5.56 Å². The maximum atomic E-state index is 12.2. The number of hydrogen-bond acceptors (Lipinski definition) is 7. The molecular formula is C19H13ClN4O4S. The number of aromatic amines is 1. The smallest absolute Gasteiger partial charge is 0.335 e. The van der Waals surface area contributed by atoms with Gasteiger partial charge in [0, 0.05) is 11.2 Å². The van der Waals surface area contributed by atoms with Gasteiger partial charge in [0.2, 0.25) is 11.0 Å².